The van der Waals surface area contributed by atoms with Crippen molar-refractivity contribution in [2.45, 2.75) is 25.4 Å². The average Bonchev–Trinajstić information content (AvgIpc) is 2.52. The maximum absolute atomic E-state index is 13.1. The van der Waals surface area contributed by atoms with Gasteiger partial charge in [0.25, 0.3) is 0 Å². The molecule has 0 saturated carbocycles. The number of nitrogens with zero attached hydrogens (tertiary/aromatic N) is 1. The molecular formula is C18H21FN2. The van der Waals surface area contributed by atoms with Gasteiger partial charge in [-0.05, 0) is 43.7 Å². The molecule has 0 amide bonds. The molecule has 2 aromatic carbocycles. The summed E-state index contributed by atoms with van der Waals surface area (Å²) < 4.78 is 13.1. The molecule has 1 saturated heterocycles. The summed E-state index contributed by atoms with van der Waals surface area (Å²) in [5.74, 6) is -0.188. The highest BCUT2D eigenvalue weighted by atomic mass is 19.1. The molecule has 3 heteroatoms. The van der Waals surface area contributed by atoms with Crippen LogP contribution in [0.2, 0.25) is 0 Å². The Kier molecular flexibility index (Phi) is 3.68. The summed E-state index contributed by atoms with van der Waals surface area (Å²) in [5.41, 5.74) is 2.26. The average molecular weight is 284 g/mol. The number of benzene rings is 2. The van der Waals surface area contributed by atoms with E-state index < -0.39 is 0 Å². The number of nitrogens with one attached hydrogen (secondary N) is 1. The van der Waals surface area contributed by atoms with Crippen molar-refractivity contribution < 1.29 is 4.39 Å². The fourth-order valence-electron chi connectivity index (χ4n) is 3.01. The second-order valence-electron chi connectivity index (χ2n) is 6.03. The first kappa shape index (κ1) is 14.1. The van der Waals surface area contributed by atoms with Crippen LogP contribution in [0.4, 0.5) is 10.1 Å². The van der Waals surface area contributed by atoms with E-state index in [1.807, 2.05) is 18.2 Å². The Labute approximate surface area is 125 Å². The monoisotopic (exact) mass is 284 g/mol. The van der Waals surface area contributed by atoms with Crippen molar-refractivity contribution in [1.29, 1.82) is 0 Å². The van der Waals surface area contributed by atoms with Crippen LogP contribution in [0.1, 0.15) is 19.4 Å². The predicted octanol–water partition coefficient (Wildman–Crippen LogP) is 3.54. The van der Waals surface area contributed by atoms with E-state index >= 15 is 0 Å². The maximum atomic E-state index is 13.1. The van der Waals surface area contributed by atoms with E-state index in [-0.39, 0.29) is 11.4 Å². The molecule has 0 radical (unpaired) electrons. The third-order valence-corrected chi connectivity index (χ3v) is 4.38. The van der Waals surface area contributed by atoms with E-state index in [0.29, 0.717) is 6.04 Å². The summed E-state index contributed by atoms with van der Waals surface area (Å²) in [6, 6.07) is 17.7. The minimum Gasteiger partial charge on any atom is -0.365 e. The molecule has 2 unspecified atom stereocenters. The van der Waals surface area contributed by atoms with Gasteiger partial charge in [0.1, 0.15) is 5.82 Å². The van der Waals surface area contributed by atoms with Gasteiger partial charge in [-0.1, -0.05) is 30.3 Å². The first-order valence-corrected chi connectivity index (χ1v) is 7.41. The summed E-state index contributed by atoms with van der Waals surface area (Å²) >= 11 is 0. The van der Waals surface area contributed by atoms with Gasteiger partial charge < -0.3 is 10.2 Å². The molecule has 0 bridgehead atoms. The Bertz CT molecular complexity index is 596. The lowest BCUT2D eigenvalue weighted by molar-refractivity contribution is 0.299. The Morgan fingerprint density at radius 2 is 1.76 bits per heavy atom. The third-order valence-electron chi connectivity index (χ3n) is 4.38. The van der Waals surface area contributed by atoms with Gasteiger partial charge in [0.15, 0.2) is 0 Å². The zero-order valence-electron chi connectivity index (χ0n) is 12.5. The van der Waals surface area contributed by atoms with E-state index in [0.717, 1.165) is 18.8 Å². The molecule has 2 atom stereocenters. The van der Waals surface area contributed by atoms with Crippen LogP contribution >= 0.6 is 0 Å². The molecule has 110 valence electrons. The Hall–Kier alpha value is -1.87. The van der Waals surface area contributed by atoms with Gasteiger partial charge in [0.05, 0.1) is 5.54 Å². The third kappa shape index (κ3) is 2.79. The predicted molar refractivity (Wildman–Crippen MR) is 85.0 cm³/mol. The molecule has 1 aliphatic heterocycles. The number of rotatable bonds is 2. The maximum Gasteiger partial charge on any atom is 0.123 e. The highest BCUT2D eigenvalue weighted by Gasteiger charge is 2.35. The molecule has 2 nitrogen and oxygen atoms in total. The highest BCUT2D eigenvalue weighted by Crippen LogP contribution is 2.29. The van der Waals surface area contributed by atoms with Gasteiger partial charge in [-0.25, -0.2) is 4.39 Å². The van der Waals surface area contributed by atoms with E-state index in [2.05, 4.69) is 48.3 Å². The normalized spacial score (nSPS) is 25.9. The number of piperazine rings is 1. The van der Waals surface area contributed by atoms with Crippen LogP contribution in [0.5, 0.6) is 0 Å². The van der Waals surface area contributed by atoms with Crippen molar-refractivity contribution >= 4 is 5.69 Å². The van der Waals surface area contributed by atoms with E-state index in [9.17, 15) is 4.39 Å². The van der Waals surface area contributed by atoms with Crippen molar-refractivity contribution in [2.24, 2.45) is 0 Å². The molecular weight excluding hydrogens is 263 g/mol. The smallest absolute Gasteiger partial charge is 0.123 e. The molecule has 0 aromatic heterocycles. The van der Waals surface area contributed by atoms with Gasteiger partial charge in [-0.15, -0.1) is 0 Å². The van der Waals surface area contributed by atoms with Gasteiger partial charge in [0.2, 0.25) is 0 Å². The number of hydrogen-bond acceptors (Lipinski definition) is 2. The standard InChI is InChI=1S/C18H21FN2/c1-14-12-20-18(2,15-6-4-3-5-7-15)13-21(14)17-10-8-16(19)9-11-17/h3-11,14,20H,12-13H2,1-2H3. The summed E-state index contributed by atoms with van der Waals surface area (Å²) in [7, 11) is 0. The van der Waals surface area contributed by atoms with Crippen LogP contribution in [-0.4, -0.2) is 19.1 Å². The van der Waals surface area contributed by atoms with Gasteiger partial charge in [0, 0.05) is 24.8 Å². The first-order valence-electron chi connectivity index (χ1n) is 7.41. The van der Waals surface area contributed by atoms with Crippen LogP contribution in [0.25, 0.3) is 0 Å². The Morgan fingerprint density at radius 3 is 2.43 bits per heavy atom. The topological polar surface area (TPSA) is 15.3 Å². The Morgan fingerprint density at radius 1 is 1.10 bits per heavy atom. The zero-order valence-corrected chi connectivity index (χ0v) is 12.5. The van der Waals surface area contributed by atoms with Crippen LogP contribution < -0.4 is 10.2 Å². The van der Waals surface area contributed by atoms with Gasteiger partial charge in [-0.2, -0.15) is 0 Å². The molecule has 2 aromatic rings. The van der Waals surface area contributed by atoms with E-state index in [1.165, 1.54) is 17.7 Å². The molecule has 1 heterocycles. The quantitative estimate of drug-likeness (QED) is 0.907. The number of hydrogen-bond donors (Lipinski definition) is 1. The molecule has 0 spiro atoms. The molecule has 0 aliphatic carbocycles. The molecule has 1 aliphatic rings. The first-order chi connectivity index (χ1) is 10.1. The number of anilines is 1. The fraction of sp³-hybridized carbons (Fsp3) is 0.333. The minimum absolute atomic E-state index is 0.0951. The van der Waals surface area contributed by atoms with Crippen molar-refractivity contribution in [2.75, 3.05) is 18.0 Å². The molecule has 21 heavy (non-hydrogen) atoms. The summed E-state index contributed by atoms with van der Waals surface area (Å²) in [6.45, 7) is 6.19. The lowest BCUT2D eigenvalue weighted by atomic mass is 9.88. The second-order valence-corrected chi connectivity index (χ2v) is 6.03. The molecule has 3 rings (SSSR count). The minimum atomic E-state index is -0.188. The summed E-state index contributed by atoms with van der Waals surface area (Å²) in [6.07, 6.45) is 0. The van der Waals surface area contributed by atoms with E-state index in [4.69, 9.17) is 0 Å². The molecule has 1 N–H and O–H groups in total. The lowest BCUT2D eigenvalue weighted by Crippen LogP contribution is -2.60. The van der Waals surface area contributed by atoms with Crippen molar-refractivity contribution in [3.8, 4) is 0 Å². The van der Waals surface area contributed by atoms with Crippen LogP contribution in [-0.2, 0) is 5.54 Å². The van der Waals surface area contributed by atoms with Crippen molar-refractivity contribution in [1.82, 2.24) is 5.32 Å². The largest absolute Gasteiger partial charge is 0.365 e. The fourth-order valence-corrected chi connectivity index (χ4v) is 3.01. The Balaban J connectivity index is 1.89. The van der Waals surface area contributed by atoms with Gasteiger partial charge >= 0.3 is 0 Å². The molecule has 1 fully saturated rings. The highest BCUT2D eigenvalue weighted by molar-refractivity contribution is 5.49. The lowest BCUT2D eigenvalue weighted by Gasteiger charge is -2.46. The summed E-state index contributed by atoms with van der Waals surface area (Å²) in [4.78, 5) is 2.35. The van der Waals surface area contributed by atoms with Crippen LogP contribution in [0.15, 0.2) is 54.6 Å². The van der Waals surface area contributed by atoms with Crippen LogP contribution in [0, 0.1) is 5.82 Å². The van der Waals surface area contributed by atoms with Crippen molar-refractivity contribution in [3.05, 3.63) is 66.0 Å². The second kappa shape index (κ2) is 5.49. The van der Waals surface area contributed by atoms with Crippen LogP contribution in [0.3, 0.4) is 0 Å². The number of halogens is 1. The van der Waals surface area contributed by atoms with Crippen molar-refractivity contribution in [3.63, 3.8) is 0 Å². The zero-order chi connectivity index (χ0) is 14.9. The van der Waals surface area contributed by atoms with E-state index in [1.54, 1.807) is 0 Å². The SMILES string of the molecule is CC1CNC(C)(c2ccccc2)CN1c1ccc(F)cc1. The van der Waals surface area contributed by atoms with Gasteiger partial charge in [-0.3, -0.25) is 0 Å². The summed E-state index contributed by atoms with van der Waals surface area (Å²) in [5, 5.41) is 3.66.